The number of anilines is 1. The number of carboxylic acid groups (broad SMARTS) is 1. The first kappa shape index (κ1) is 27.6. The van der Waals surface area contributed by atoms with Gasteiger partial charge in [0, 0.05) is 34.3 Å². The molecule has 0 aliphatic rings. The van der Waals surface area contributed by atoms with Crippen molar-refractivity contribution in [3.05, 3.63) is 67.9 Å². The van der Waals surface area contributed by atoms with E-state index in [1.165, 1.54) is 18.7 Å². The Morgan fingerprint density at radius 2 is 1.91 bits per heavy atom. The fourth-order valence-corrected chi connectivity index (χ4v) is 4.63. The molecule has 3 aromatic rings. The molecule has 0 fully saturated rings. The van der Waals surface area contributed by atoms with Crippen LogP contribution in [0, 0.1) is 18.8 Å². The van der Waals surface area contributed by atoms with Gasteiger partial charge in [0.25, 0.3) is 0 Å². The van der Waals surface area contributed by atoms with Crippen molar-refractivity contribution in [1.29, 1.82) is 0 Å². The van der Waals surface area contributed by atoms with Gasteiger partial charge >= 0.3 is 5.97 Å². The van der Waals surface area contributed by atoms with Crippen LogP contribution < -0.4 is 10.9 Å². The Labute approximate surface area is 210 Å². The number of halogens is 1. The zero-order chi connectivity index (χ0) is 25.3. The van der Waals surface area contributed by atoms with Crippen LogP contribution in [0.5, 0.6) is 0 Å². The molecule has 0 amide bonds. The maximum absolute atomic E-state index is 11.8. The summed E-state index contributed by atoms with van der Waals surface area (Å²) in [6.45, 7) is 10.7. The summed E-state index contributed by atoms with van der Waals surface area (Å²) in [6.07, 6.45) is 3.93. The van der Waals surface area contributed by atoms with Gasteiger partial charge in [-0.05, 0) is 55.0 Å². The van der Waals surface area contributed by atoms with Crippen LogP contribution >= 0.6 is 22.9 Å². The summed E-state index contributed by atoms with van der Waals surface area (Å²) in [5.41, 5.74) is 3.34. The summed E-state index contributed by atoms with van der Waals surface area (Å²) in [5, 5.41) is 14.2. The largest absolute Gasteiger partial charge is 0.481 e. The minimum atomic E-state index is -0.916. The number of rotatable bonds is 9. The molecule has 1 atom stereocenters. The predicted octanol–water partition coefficient (Wildman–Crippen LogP) is 6.43. The summed E-state index contributed by atoms with van der Waals surface area (Å²) >= 11 is 7.73. The smallest absolute Gasteiger partial charge is 0.308 e. The summed E-state index contributed by atoms with van der Waals surface area (Å²) in [4.78, 5) is 31.7. The van der Waals surface area contributed by atoms with E-state index in [-0.39, 0.29) is 18.5 Å². The van der Waals surface area contributed by atoms with Crippen LogP contribution in [0.1, 0.15) is 50.1 Å². The first-order chi connectivity index (χ1) is 16.1. The highest BCUT2D eigenvalue weighted by Gasteiger charge is 2.20. The molecule has 0 radical (unpaired) electrons. The second kappa shape index (κ2) is 13.3. The first-order valence-electron chi connectivity index (χ1n) is 11.5. The molecule has 0 saturated carbocycles. The highest BCUT2D eigenvalue weighted by molar-refractivity contribution is 7.16. The van der Waals surface area contributed by atoms with Crippen LogP contribution in [0.3, 0.4) is 0 Å². The SMILES string of the molecule is CCC.Cc1cc(-c2nc(NCC(Cc3cc[nH]c(=O)c3)C(=O)O)sc2CC(C)C)ccc1Cl. The number of nitrogens with zero attached hydrogens (tertiary/aromatic N) is 1. The van der Waals surface area contributed by atoms with Gasteiger partial charge in [-0.1, -0.05) is 51.8 Å². The van der Waals surface area contributed by atoms with E-state index < -0.39 is 11.9 Å². The number of nitrogens with one attached hydrogen (secondary N) is 2. The average molecular weight is 504 g/mol. The van der Waals surface area contributed by atoms with Gasteiger partial charge in [0.05, 0.1) is 11.6 Å². The maximum atomic E-state index is 11.8. The number of benzene rings is 1. The molecule has 0 aliphatic carbocycles. The van der Waals surface area contributed by atoms with E-state index in [0.717, 1.165) is 28.1 Å². The molecule has 1 unspecified atom stereocenters. The number of H-pyrrole nitrogens is 1. The fourth-order valence-electron chi connectivity index (χ4n) is 3.31. The van der Waals surface area contributed by atoms with Gasteiger partial charge in [-0.25, -0.2) is 4.98 Å². The second-order valence-electron chi connectivity index (χ2n) is 8.74. The van der Waals surface area contributed by atoms with Crippen molar-refractivity contribution in [2.75, 3.05) is 11.9 Å². The van der Waals surface area contributed by atoms with Crippen molar-refractivity contribution >= 4 is 34.0 Å². The van der Waals surface area contributed by atoms with Gasteiger partial charge in [0.2, 0.25) is 5.56 Å². The molecule has 34 heavy (non-hydrogen) atoms. The van der Waals surface area contributed by atoms with Crippen molar-refractivity contribution in [2.45, 2.75) is 53.9 Å². The van der Waals surface area contributed by atoms with Crippen LogP contribution in [0.15, 0.2) is 41.3 Å². The minimum Gasteiger partial charge on any atom is -0.481 e. The Bertz CT molecular complexity index is 1140. The number of carbonyl (C=O) groups is 1. The number of thiazole rings is 1. The third-order valence-corrected chi connectivity index (χ3v) is 6.35. The van der Waals surface area contributed by atoms with Gasteiger partial charge < -0.3 is 15.4 Å². The van der Waals surface area contributed by atoms with Crippen LogP contribution in [0.25, 0.3) is 11.3 Å². The third kappa shape index (κ3) is 8.29. The molecule has 3 rings (SSSR count). The Kier molecular flexibility index (Phi) is 10.8. The van der Waals surface area contributed by atoms with Gasteiger partial charge in [0.15, 0.2) is 5.13 Å². The molecule has 1 aromatic carbocycles. The van der Waals surface area contributed by atoms with Gasteiger partial charge in [-0.3, -0.25) is 9.59 Å². The van der Waals surface area contributed by atoms with E-state index >= 15 is 0 Å². The lowest BCUT2D eigenvalue weighted by Gasteiger charge is -2.12. The van der Waals surface area contributed by atoms with E-state index in [0.29, 0.717) is 21.6 Å². The summed E-state index contributed by atoms with van der Waals surface area (Å²) in [7, 11) is 0. The number of pyridine rings is 1. The maximum Gasteiger partial charge on any atom is 0.308 e. The molecule has 2 heterocycles. The second-order valence-corrected chi connectivity index (χ2v) is 10.2. The van der Waals surface area contributed by atoms with Crippen molar-refractivity contribution in [3.63, 3.8) is 0 Å². The molecule has 0 bridgehead atoms. The van der Waals surface area contributed by atoms with Gasteiger partial charge in [-0.2, -0.15) is 0 Å². The summed E-state index contributed by atoms with van der Waals surface area (Å²) in [5.74, 6) is -1.14. The number of hydrogen-bond acceptors (Lipinski definition) is 5. The van der Waals surface area contributed by atoms with E-state index in [9.17, 15) is 14.7 Å². The van der Waals surface area contributed by atoms with Crippen molar-refractivity contribution in [2.24, 2.45) is 11.8 Å². The zero-order valence-electron chi connectivity index (χ0n) is 20.4. The third-order valence-electron chi connectivity index (χ3n) is 4.89. The number of aliphatic carboxylic acids is 1. The fraction of sp³-hybridized carbons (Fsp3) is 0.423. The molecule has 6 nitrogen and oxygen atoms in total. The zero-order valence-corrected chi connectivity index (χ0v) is 22.0. The number of carboxylic acids is 1. The number of aryl methyl sites for hydroxylation is 1. The normalized spacial score (nSPS) is 11.6. The molecule has 0 aliphatic heterocycles. The Morgan fingerprint density at radius 3 is 2.50 bits per heavy atom. The first-order valence-corrected chi connectivity index (χ1v) is 12.7. The molecule has 0 spiro atoms. The van der Waals surface area contributed by atoms with E-state index in [4.69, 9.17) is 16.6 Å². The van der Waals surface area contributed by atoms with Crippen molar-refractivity contribution in [3.8, 4) is 11.3 Å². The Balaban J connectivity index is 0.00000129. The monoisotopic (exact) mass is 503 g/mol. The van der Waals surface area contributed by atoms with E-state index in [1.807, 2.05) is 25.1 Å². The average Bonchev–Trinajstić information content (AvgIpc) is 3.15. The van der Waals surface area contributed by atoms with Gasteiger partial charge in [-0.15, -0.1) is 11.3 Å². The van der Waals surface area contributed by atoms with Crippen LogP contribution in [-0.4, -0.2) is 27.6 Å². The molecule has 0 saturated heterocycles. The number of aromatic amines is 1. The van der Waals surface area contributed by atoms with E-state index in [1.54, 1.807) is 17.4 Å². The molecule has 2 aromatic heterocycles. The predicted molar refractivity (Wildman–Crippen MR) is 142 cm³/mol. The topological polar surface area (TPSA) is 95.1 Å². The van der Waals surface area contributed by atoms with Crippen LogP contribution in [0.2, 0.25) is 5.02 Å². The summed E-state index contributed by atoms with van der Waals surface area (Å²) in [6, 6.07) is 9.02. The lowest BCUT2D eigenvalue weighted by atomic mass is 10.0. The lowest BCUT2D eigenvalue weighted by molar-refractivity contribution is -0.141. The highest BCUT2D eigenvalue weighted by atomic mass is 35.5. The Morgan fingerprint density at radius 1 is 1.21 bits per heavy atom. The quantitative estimate of drug-likeness (QED) is 0.312. The highest BCUT2D eigenvalue weighted by Crippen LogP contribution is 2.34. The van der Waals surface area contributed by atoms with Crippen molar-refractivity contribution in [1.82, 2.24) is 9.97 Å². The molecule has 184 valence electrons. The number of aromatic nitrogens is 2. The number of hydrogen-bond donors (Lipinski definition) is 3. The van der Waals surface area contributed by atoms with Crippen molar-refractivity contribution < 1.29 is 9.90 Å². The Hall–Kier alpha value is -2.64. The molecule has 8 heteroatoms. The van der Waals surface area contributed by atoms with Gasteiger partial charge in [0.1, 0.15) is 0 Å². The van der Waals surface area contributed by atoms with E-state index in [2.05, 4.69) is 38.0 Å². The van der Waals surface area contributed by atoms with Crippen LogP contribution in [0.4, 0.5) is 5.13 Å². The standard InChI is InChI=1S/C23H26ClN3O3S.C3H8/c1-13(2)8-19-21(16-4-5-18(24)14(3)9-16)27-23(31-19)26-12-17(22(29)30)10-15-6-7-25-20(28)11-15;1-3-2/h4-7,9,11,13,17H,8,10,12H2,1-3H3,(H,25,28)(H,26,27)(H,29,30);3H2,1-2H3. The molecular weight excluding hydrogens is 470 g/mol. The molecular formula is C26H34ClN3O3S. The summed E-state index contributed by atoms with van der Waals surface area (Å²) < 4.78 is 0. The lowest BCUT2D eigenvalue weighted by Crippen LogP contribution is -2.25. The minimum absolute atomic E-state index is 0.218. The van der Waals surface area contributed by atoms with Crippen LogP contribution in [-0.2, 0) is 17.6 Å². The molecule has 3 N–H and O–H groups in total.